The molecule has 144 valence electrons. The van der Waals surface area contributed by atoms with Gasteiger partial charge in [-0.05, 0) is 24.5 Å². The average molecular weight is 485 g/mol. The van der Waals surface area contributed by atoms with E-state index in [1.165, 1.54) is 24.6 Å². The summed E-state index contributed by atoms with van der Waals surface area (Å²) in [5.41, 5.74) is 0. The number of hydrogen-bond donors (Lipinski definition) is 2. The van der Waals surface area contributed by atoms with Crippen LogP contribution < -0.4 is 10.6 Å². The van der Waals surface area contributed by atoms with Crippen LogP contribution in [0.4, 0.5) is 4.39 Å². The van der Waals surface area contributed by atoms with Gasteiger partial charge in [-0.3, -0.25) is 4.99 Å². The van der Waals surface area contributed by atoms with Crippen molar-refractivity contribution in [3.63, 3.8) is 0 Å². The molecular weight excluding hydrogens is 456 g/mol. The first kappa shape index (κ1) is 24.1. The van der Waals surface area contributed by atoms with E-state index in [-0.39, 0.29) is 41.2 Å². The van der Waals surface area contributed by atoms with Crippen LogP contribution in [0.2, 0.25) is 0 Å². The lowest BCUT2D eigenvalue weighted by Gasteiger charge is -2.12. The highest BCUT2D eigenvalue weighted by Crippen LogP contribution is 2.14. The summed E-state index contributed by atoms with van der Waals surface area (Å²) in [4.78, 5) is 3.80. The zero-order valence-electron chi connectivity index (χ0n) is 15.1. The molecule has 0 heterocycles. The molecule has 0 aromatic heterocycles. The molecule has 0 spiro atoms. The topological polar surface area (TPSA) is 70.6 Å². The minimum Gasteiger partial charge on any atom is -0.356 e. The summed E-state index contributed by atoms with van der Waals surface area (Å²) in [6.07, 6.45) is 3.37. The molecule has 0 bridgehead atoms. The first-order chi connectivity index (χ1) is 11.4. The van der Waals surface area contributed by atoms with Crippen LogP contribution >= 0.6 is 24.0 Å². The summed E-state index contributed by atoms with van der Waals surface area (Å²) < 4.78 is 37.9. The molecule has 0 saturated carbocycles. The van der Waals surface area contributed by atoms with Crippen molar-refractivity contribution in [2.75, 3.05) is 25.9 Å². The number of halogens is 2. The lowest BCUT2D eigenvalue weighted by molar-refractivity contribution is 0.534. The van der Waals surface area contributed by atoms with Crippen molar-refractivity contribution in [2.24, 2.45) is 10.9 Å². The van der Waals surface area contributed by atoms with Crippen LogP contribution in [0.15, 0.2) is 34.2 Å². The average Bonchev–Trinajstić information content (AvgIpc) is 2.52. The van der Waals surface area contributed by atoms with Gasteiger partial charge in [-0.1, -0.05) is 38.8 Å². The van der Waals surface area contributed by atoms with Gasteiger partial charge < -0.3 is 10.6 Å². The van der Waals surface area contributed by atoms with Crippen LogP contribution in [0.1, 0.15) is 33.1 Å². The Morgan fingerprint density at radius 1 is 1.16 bits per heavy atom. The first-order valence-corrected chi connectivity index (χ1v) is 9.94. The van der Waals surface area contributed by atoms with E-state index >= 15 is 0 Å². The zero-order chi connectivity index (χ0) is 18.0. The lowest BCUT2D eigenvalue weighted by Crippen LogP contribution is -2.40. The Hall–Kier alpha value is -0.900. The molecule has 1 aromatic rings. The summed E-state index contributed by atoms with van der Waals surface area (Å²) in [5, 5.41) is 6.10. The molecule has 1 rings (SSSR count). The standard InChI is InChI=1S/C17H28FN3O2S.HI/c1-14(2)8-6-7-11-20-17(19-3)21-12-13-24(22,23)16-10-5-4-9-15(16)18;/h4-5,9-10,14H,6-8,11-13H2,1-3H3,(H2,19,20,21);1H. The van der Waals surface area contributed by atoms with Crippen molar-refractivity contribution < 1.29 is 12.8 Å². The van der Waals surface area contributed by atoms with Gasteiger partial charge in [-0.25, -0.2) is 12.8 Å². The molecule has 8 heteroatoms. The third-order valence-electron chi connectivity index (χ3n) is 3.56. The molecule has 2 N–H and O–H groups in total. The second kappa shape index (κ2) is 12.5. The fraction of sp³-hybridized carbons (Fsp3) is 0.588. The quantitative estimate of drug-likeness (QED) is 0.244. The van der Waals surface area contributed by atoms with Gasteiger partial charge in [-0.2, -0.15) is 0 Å². The summed E-state index contributed by atoms with van der Waals surface area (Å²) >= 11 is 0. The molecule has 0 fully saturated rings. The number of nitrogens with zero attached hydrogens (tertiary/aromatic N) is 1. The molecule has 0 aliphatic carbocycles. The Labute approximate surface area is 167 Å². The second-order valence-corrected chi connectivity index (χ2v) is 8.14. The number of benzene rings is 1. The van der Waals surface area contributed by atoms with Crippen molar-refractivity contribution in [3.8, 4) is 0 Å². The van der Waals surface area contributed by atoms with Gasteiger partial charge in [0, 0.05) is 20.1 Å². The van der Waals surface area contributed by atoms with Crippen LogP contribution in [0.3, 0.4) is 0 Å². The molecule has 0 amide bonds. The highest BCUT2D eigenvalue weighted by Gasteiger charge is 2.18. The Morgan fingerprint density at radius 3 is 2.40 bits per heavy atom. The highest BCUT2D eigenvalue weighted by atomic mass is 127. The lowest BCUT2D eigenvalue weighted by atomic mass is 10.1. The number of hydrogen-bond acceptors (Lipinski definition) is 3. The van der Waals surface area contributed by atoms with E-state index in [9.17, 15) is 12.8 Å². The molecule has 0 saturated heterocycles. The number of rotatable bonds is 9. The molecule has 0 atom stereocenters. The third-order valence-corrected chi connectivity index (χ3v) is 5.30. The van der Waals surface area contributed by atoms with Crippen LogP contribution in [0.5, 0.6) is 0 Å². The van der Waals surface area contributed by atoms with Gasteiger partial charge in [0.1, 0.15) is 10.7 Å². The maximum Gasteiger partial charge on any atom is 0.191 e. The summed E-state index contributed by atoms with van der Waals surface area (Å²) in [7, 11) is -2.02. The number of aliphatic imine (C=N–C) groups is 1. The fourth-order valence-corrected chi connectivity index (χ4v) is 3.46. The molecule has 0 aliphatic heterocycles. The summed E-state index contributed by atoms with van der Waals surface area (Å²) in [6, 6.07) is 5.42. The van der Waals surface area contributed by atoms with Crippen molar-refractivity contribution in [2.45, 2.75) is 38.0 Å². The minimum absolute atomic E-state index is 0. The van der Waals surface area contributed by atoms with E-state index in [2.05, 4.69) is 29.5 Å². The molecule has 25 heavy (non-hydrogen) atoms. The second-order valence-electron chi connectivity index (χ2n) is 6.06. The van der Waals surface area contributed by atoms with Gasteiger partial charge in [0.05, 0.1) is 5.75 Å². The number of sulfone groups is 1. The van der Waals surface area contributed by atoms with Crippen molar-refractivity contribution in [3.05, 3.63) is 30.1 Å². The minimum atomic E-state index is -3.65. The van der Waals surface area contributed by atoms with Crippen molar-refractivity contribution >= 4 is 39.8 Å². The van der Waals surface area contributed by atoms with Gasteiger partial charge >= 0.3 is 0 Å². The SMILES string of the molecule is CN=C(NCCCCC(C)C)NCCS(=O)(=O)c1ccccc1F.I. The predicted octanol–water partition coefficient (Wildman–Crippen LogP) is 3.21. The molecular formula is C17H29FIN3O2S. The maximum absolute atomic E-state index is 13.6. The Balaban J connectivity index is 0.00000576. The van der Waals surface area contributed by atoms with Crippen LogP contribution in [-0.4, -0.2) is 40.3 Å². The van der Waals surface area contributed by atoms with Gasteiger partial charge in [0.15, 0.2) is 15.8 Å². The largest absolute Gasteiger partial charge is 0.356 e. The van der Waals surface area contributed by atoms with E-state index < -0.39 is 15.7 Å². The van der Waals surface area contributed by atoms with Crippen LogP contribution in [-0.2, 0) is 9.84 Å². The Morgan fingerprint density at radius 2 is 1.80 bits per heavy atom. The molecule has 5 nitrogen and oxygen atoms in total. The predicted molar refractivity (Wildman–Crippen MR) is 112 cm³/mol. The van der Waals surface area contributed by atoms with Crippen LogP contribution in [0, 0.1) is 11.7 Å². The number of unbranched alkanes of at least 4 members (excludes halogenated alkanes) is 1. The summed E-state index contributed by atoms with van der Waals surface area (Å²) in [6.45, 7) is 5.35. The fourth-order valence-electron chi connectivity index (χ4n) is 2.22. The van der Waals surface area contributed by atoms with E-state index in [1.807, 2.05) is 0 Å². The number of guanidine groups is 1. The molecule has 1 aromatic carbocycles. The monoisotopic (exact) mass is 485 g/mol. The van der Waals surface area contributed by atoms with E-state index in [4.69, 9.17) is 0 Å². The smallest absolute Gasteiger partial charge is 0.191 e. The van der Waals surface area contributed by atoms with Gasteiger partial charge in [0.25, 0.3) is 0 Å². The summed E-state index contributed by atoms with van der Waals surface area (Å²) in [5.74, 6) is 0.349. The maximum atomic E-state index is 13.6. The van der Waals surface area contributed by atoms with Crippen molar-refractivity contribution in [1.29, 1.82) is 0 Å². The zero-order valence-corrected chi connectivity index (χ0v) is 18.2. The molecule has 0 aliphatic rings. The van der Waals surface area contributed by atoms with Crippen molar-refractivity contribution in [1.82, 2.24) is 10.6 Å². The normalized spacial score (nSPS) is 12.0. The van der Waals surface area contributed by atoms with E-state index in [0.717, 1.165) is 25.5 Å². The Kier molecular flexibility index (Phi) is 12.0. The first-order valence-electron chi connectivity index (χ1n) is 8.28. The van der Waals surface area contributed by atoms with E-state index in [0.29, 0.717) is 11.9 Å². The van der Waals surface area contributed by atoms with Gasteiger partial charge in [0.2, 0.25) is 0 Å². The number of nitrogens with one attached hydrogen (secondary N) is 2. The van der Waals surface area contributed by atoms with Gasteiger partial charge in [-0.15, -0.1) is 24.0 Å². The molecule has 0 unspecified atom stereocenters. The van der Waals surface area contributed by atoms with Crippen LogP contribution in [0.25, 0.3) is 0 Å². The highest BCUT2D eigenvalue weighted by molar-refractivity contribution is 14.0. The third kappa shape index (κ3) is 9.39. The Bertz CT molecular complexity index is 637. The molecule has 0 radical (unpaired) electrons. The van der Waals surface area contributed by atoms with E-state index in [1.54, 1.807) is 7.05 Å².